The van der Waals surface area contributed by atoms with E-state index in [4.69, 9.17) is 16.9 Å². The molecule has 108 valence electrons. The first-order valence-corrected chi connectivity index (χ1v) is 6.73. The molecule has 0 fully saturated rings. The highest BCUT2D eigenvalue weighted by molar-refractivity contribution is 6.31. The SMILES string of the molecule is CC(O)(CNc1ccc(C#N)cc1F)c1ccccc1Cl. The van der Waals surface area contributed by atoms with E-state index in [-0.39, 0.29) is 17.8 Å². The maximum absolute atomic E-state index is 13.8. The Hall–Kier alpha value is -2.09. The van der Waals surface area contributed by atoms with Crippen molar-refractivity contribution in [2.45, 2.75) is 12.5 Å². The van der Waals surface area contributed by atoms with Crippen LogP contribution in [-0.4, -0.2) is 11.7 Å². The third-order valence-corrected chi connectivity index (χ3v) is 3.50. The molecule has 2 aromatic rings. The summed E-state index contributed by atoms with van der Waals surface area (Å²) in [4.78, 5) is 0. The molecule has 2 aromatic carbocycles. The van der Waals surface area contributed by atoms with E-state index in [0.717, 1.165) is 6.07 Å². The number of aliphatic hydroxyl groups is 1. The summed E-state index contributed by atoms with van der Waals surface area (Å²) in [5, 5.41) is 22.5. The molecule has 0 aliphatic rings. The molecule has 0 saturated carbocycles. The van der Waals surface area contributed by atoms with Gasteiger partial charge in [0.25, 0.3) is 0 Å². The first kappa shape index (κ1) is 15.3. The summed E-state index contributed by atoms with van der Waals surface area (Å²) in [6.45, 7) is 1.68. The fourth-order valence-corrected chi connectivity index (χ4v) is 2.33. The Bertz CT molecular complexity index is 695. The van der Waals surface area contributed by atoms with Gasteiger partial charge in [-0.1, -0.05) is 29.8 Å². The minimum Gasteiger partial charge on any atom is -0.384 e. The average molecular weight is 305 g/mol. The lowest BCUT2D eigenvalue weighted by Gasteiger charge is -2.26. The number of nitriles is 1. The number of hydrogen-bond acceptors (Lipinski definition) is 3. The number of halogens is 2. The highest BCUT2D eigenvalue weighted by Gasteiger charge is 2.25. The standard InChI is InChI=1S/C16H14ClFN2O/c1-16(21,12-4-2-3-5-13(12)17)10-20-15-7-6-11(9-19)8-14(15)18/h2-8,20-21H,10H2,1H3. The van der Waals surface area contributed by atoms with Crippen LogP contribution < -0.4 is 5.32 Å². The van der Waals surface area contributed by atoms with Gasteiger partial charge in [0.2, 0.25) is 0 Å². The predicted octanol–water partition coefficient (Wildman–Crippen LogP) is 3.67. The van der Waals surface area contributed by atoms with Gasteiger partial charge in [-0.15, -0.1) is 0 Å². The van der Waals surface area contributed by atoms with Crippen LogP contribution in [-0.2, 0) is 5.60 Å². The quantitative estimate of drug-likeness (QED) is 0.906. The summed E-state index contributed by atoms with van der Waals surface area (Å²) in [5.74, 6) is -0.538. The molecular formula is C16H14ClFN2O. The number of hydrogen-bond donors (Lipinski definition) is 2. The molecule has 0 heterocycles. The molecule has 1 unspecified atom stereocenters. The van der Waals surface area contributed by atoms with E-state index in [9.17, 15) is 9.50 Å². The molecule has 0 bridgehead atoms. The number of anilines is 1. The van der Waals surface area contributed by atoms with Gasteiger partial charge in [0.15, 0.2) is 0 Å². The van der Waals surface area contributed by atoms with Crippen LogP contribution in [0.5, 0.6) is 0 Å². The van der Waals surface area contributed by atoms with Crippen molar-refractivity contribution >= 4 is 17.3 Å². The topological polar surface area (TPSA) is 56.0 Å². The van der Waals surface area contributed by atoms with Crippen LogP contribution in [0.4, 0.5) is 10.1 Å². The monoisotopic (exact) mass is 304 g/mol. The van der Waals surface area contributed by atoms with Crippen molar-refractivity contribution in [2.24, 2.45) is 0 Å². The zero-order chi connectivity index (χ0) is 15.5. The van der Waals surface area contributed by atoms with E-state index >= 15 is 0 Å². The molecule has 1 atom stereocenters. The molecule has 2 N–H and O–H groups in total. The predicted molar refractivity (Wildman–Crippen MR) is 80.6 cm³/mol. The number of benzene rings is 2. The van der Waals surface area contributed by atoms with Crippen LogP contribution in [0.25, 0.3) is 0 Å². The van der Waals surface area contributed by atoms with Gasteiger partial charge in [0, 0.05) is 17.1 Å². The molecule has 3 nitrogen and oxygen atoms in total. The van der Waals surface area contributed by atoms with E-state index in [1.54, 1.807) is 31.2 Å². The van der Waals surface area contributed by atoms with Crippen LogP contribution in [0.15, 0.2) is 42.5 Å². The van der Waals surface area contributed by atoms with Crippen LogP contribution in [0.2, 0.25) is 5.02 Å². The van der Waals surface area contributed by atoms with Gasteiger partial charge in [-0.3, -0.25) is 0 Å². The van der Waals surface area contributed by atoms with Gasteiger partial charge in [-0.2, -0.15) is 5.26 Å². The molecule has 0 aromatic heterocycles. The van der Waals surface area contributed by atoms with Crippen molar-refractivity contribution in [2.75, 3.05) is 11.9 Å². The maximum atomic E-state index is 13.8. The third-order valence-electron chi connectivity index (χ3n) is 3.18. The van der Waals surface area contributed by atoms with Crippen LogP contribution in [0.1, 0.15) is 18.1 Å². The highest BCUT2D eigenvalue weighted by Crippen LogP contribution is 2.28. The second kappa shape index (κ2) is 6.13. The number of rotatable bonds is 4. The lowest BCUT2D eigenvalue weighted by atomic mass is 9.96. The van der Waals surface area contributed by atoms with Crippen molar-refractivity contribution in [1.82, 2.24) is 0 Å². The molecule has 0 saturated heterocycles. The molecule has 0 spiro atoms. The molecule has 0 aliphatic carbocycles. The van der Waals surface area contributed by atoms with E-state index < -0.39 is 11.4 Å². The summed E-state index contributed by atoms with van der Waals surface area (Å²) in [7, 11) is 0. The van der Waals surface area contributed by atoms with E-state index in [1.807, 2.05) is 6.07 Å². The zero-order valence-corrected chi connectivity index (χ0v) is 12.2. The van der Waals surface area contributed by atoms with Gasteiger partial charge in [0.1, 0.15) is 11.4 Å². The van der Waals surface area contributed by atoms with E-state index in [2.05, 4.69) is 5.32 Å². The Kier molecular flexibility index (Phi) is 4.46. The largest absolute Gasteiger partial charge is 0.384 e. The fraction of sp³-hybridized carbons (Fsp3) is 0.188. The smallest absolute Gasteiger partial charge is 0.147 e. The van der Waals surface area contributed by atoms with Gasteiger partial charge in [-0.25, -0.2) is 4.39 Å². The Morgan fingerprint density at radius 2 is 2.05 bits per heavy atom. The molecule has 21 heavy (non-hydrogen) atoms. The van der Waals surface area contributed by atoms with Crippen LogP contribution in [0.3, 0.4) is 0 Å². The molecule has 0 radical (unpaired) electrons. The van der Waals surface area contributed by atoms with Crippen molar-refractivity contribution < 1.29 is 9.50 Å². The molecule has 0 aliphatic heterocycles. The molecular weight excluding hydrogens is 291 g/mol. The summed E-state index contributed by atoms with van der Waals surface area (Å²) in [6.07, 6.45) is 0. The van der Waals surface area contributed by atoms with Gasteiger partial charge in [0.05, 0.1) is 17.3 Å². The van der Waals surface area contributed by atoms with Crippen LogP contribution in [0, 0.1) is 17.1 Å². The fourth-order valence-electron chi connectivity index (χ4n) is 1.99. The first-order chi connectivity index (χ1) is 9.94. The Labute approximate surface area is 127 Å². The molecule has 0 amide bonds. The lowest BCUT2D eigenvalue weighted by molar-refractivity contribution is 0.0716. The molecule has 5 heteroatoms. The minimum absolute atomic E-state index is 0.0829. The molecule has 2 rings (SSSR count). The second-order valence-corrected chi connectivity index (χ2v) is 5.32. The van der Waals surface area contributed by atoms with Gasteiger partial charge >= 0.3 is 0 Å². The lowest BCUT2D eigenvalue weighted by Crippen LogP contribution is -2.31. The number of nitrogens with one attached hydrogen (secondary N) is 1. The van der Waals surface area contributed by atoms with Crippen molar-refractivity contribution in [1.29, 1.82) is 5.26 Å². The summed E-state index contributed by atoms with van der Waals surface area (Å²) in [5.41, 5.74) is -0.218. The summed E-state index contributed by atoms with van der Waals surface area (Å²) >= 11 is 6.06. The van der Waals surface area contributed by atoms with Gasteiger partial charge in [-0.05, 0) is 31.2 Å². The number of nitrogens with zero attached hydrogens (tertiary/aromatic N) is 1. The first-order valence-electron chi connectivity index (χ1n) is 6.35. The second-order valence-electron chi connectivity index (χ2n) is 4.91. The summed E-state index contributed by atoms with van der Waals surface area (Å²) in [6, 6.07) is 12.9. The van der Waals surface area contributed by atoms with Crippen molar-refractivity contribution in [3.05, 3.63) is 64.4 Å². The Morgan fingerprint density at radius 3 is 2.67 bits per heavy atom. The Morgan fingerprint density at radius 1 is 1.33 bits per heavy atom. The normalized spacial score (nSPS) is 13.3. The average Bonchev–Trinajstić information content (AvgIpc) is 2.46. The van der Waals surface area contributed by atoms with Crippen molar-refractivity contribution in [3.63, 3.8) is 0 Å². The zero-order valence-electron chi connectivity index (χ0n) is 11.4. The third kappa shape index (κ3) is 3.52. The highest BCUT2D eigenvalue weighted by atomic mass is 35.5. The Balaban J connectivity index is 2.16. The van der Waals surface area contributed by atoms with Crippen LogP contribution >= 0.6 is 11.6 Å². The summed E-state index contributed by atoms with van der Waals surface area (Å²) < 4.78 is 13.8. The van der Waals surface area contributed by atoms with Gasteiger partial charge < -0.3 is 10.4 Å². The maximum Gasteiger partial charge on any atom is 0.147 e. The van der Waals surface area contributed by atoms with Crippen molar-refractivity contribution in [3.8, 4) is 6.07 Å². The van der Waals surface area contributed by atoms with E-state index in [0.29, 0.717) is 10.6 Å². The van der Waals surface area contributed by atoms with E-state index in [1.165, 1.54) is 12.1 Å². The minimum atomic E-state index is -1.25.